The molecule has 4 heteroatoms. The van der Waals surface area contributed by atoms with E-state index in [0.29, 0.717) is 12.2 Å². The number of benzene rings is 3. The van der Waals surface area contributed by atoms with E-state index >= 15 is 0 Å². The maximum atomic E-state index is 10.0. The minimum Gasteiger partial charge on any atom is -0.503 e. The van der Waals surface area contributed by atoms with Gasteiger partial charge in [-0.2, -0.15) is 0 Å². The molecule has 0 aromatic heterocycles. The van der Waals surface area contributed by atoms with Crippen molar-refractivity contribution in [1.82, 2.24) is 0 Å². The highest BCUT2D eigenvalue weighted by Crippen LogP contribution is 2.37. The van der Waals surface area contributed by atoms with Crippen LogP contribution in [0.3, 0.4) is 0 Å². The third-order valence-electron chi connectivity index (χ3n) is 4.77. The molecule has 0 saturated heterocycles. The molecule has 1 unspecified atom stereocenters. The van der Waals surface area contributed by atoms with Crippen molar-refractivity contribution in [1.29, 1.82) is 0 Å². The Hall–Kier alpha value is -2.65. The molecule has 1 atom stereocenters. The van der Waals surface area contributed by atoms with Gasteiger partial charge in [0.05, 0.1) is 12.1 Å². The maximum Gasteiger partial charge on any atom is 0.176 e. The predicted octanol–water partition coefficient (Wildman–Crippen LogP) is 6.34. The lowest BCUT2D eigenvalue weighted by Crippen LogP contribution is -2.12. The van der Waals surface area contributed by atoms with E-state index in [0.717, 1.165) is 28.0 Å². The van der Waals surface area contributed by atoms with E-state index in [1.54, 1.807) is 12.1 Å². The fraction of sp³-hybridized carbons (Fsp3) is 0.250. The van der Waals surface area contributed by atoms with Crippen LogP contribution in [0, 0.1) is 20.8 Å². The number of hydrogen-bond donors (Lipinski definition) is 1. The van der Waals surface area contributed by atoms with E-state index in [2.05, 4.69) is 45.0 Å². The Kier molecular flexibility index (Phi) is 6.15. The van der Waals surface area contributed by atoms with Crippen LogP contribution in [-0.4, -0.2) is 12.2 Å². The number of phenols is 1. The van der Waals surface area contributed by atoms with Gasteiger partial charge < -0.3 is 14.6 Å². The van der Waals surface area contributed by atoms with Gasteiger partial charge in [0.2, 0.25) is 0 Å². The van der Waals surface area contributed by atoms with Gasteiger partial charge in [-0.15, -0.1) is 0 Å². The standard InChI is InChI=1S/C24H25ClO3/c1-15-10-16(2)24(17(3)11-15)28-21(19-8-6-5-7-9-19)13-18-12-20(25)23(26)22(14-18)27-4/h5-12,14,21,26H,13H2,1-4H3. The zero-order valence-corrected chi connectivity index (χ0v) is 17.4. The van der Waals surface area contributed by atoms with Crippen molar-refractivity contribution >= 4 is 11.6 Å². The van der Waals surface area contributed by atoms with E-state index in [1.165, 1.54) is 12.7 Å². The second kappa shape index (κ2) is 8.57. The zero-order valence-electron chi connectivity index (χ0n) is 16.6. The van der Waals surface area contributed by atoms with Gasteiger partial charge in [0, 0.05) is 6.42 Å². The van der Waals surface area contributed by atoms with Crippen molar-refractivity contribution in [2.45, 2.75) is 33.3 Å². The van der Waals surface area contributed by atoms with Crippen LogP contribution in [0.15, 0.2) is 54.6 Å². The highest BCUT2D eigenvalue weighted by molar-refractivity contribution is 6.32. The molecule has 0 aliphatic carbocycles. The molecule has 3 aromatic rings. The van der Waals surface area contributed by atoms with Crippen molar-refractivity contribution in [2.75, 3.05) is 7.11 Å². The van der Waals surface area contributed by atoms with Gasteiger partial charge in [-0.3, -0.25) is 0 Å². The third-order valence-corrected chi connectivity index (χ3v) is 5.05. The minimum absolute atomic E-state index is 0.0460. The van der Waals surface area contributed by atoms with Crippen molar-refractivity contribution in [3.63, 3.8) is 0 Å². The molecule has 0 aliphatic heterocycles. The SMILES string of the molecule is COc1cc(CC(Oc2c(C)cc(C)cc2C)c2ccccc2)cc(Cl)c1O. The number of aromatic hydroxyl groups is 1. The predicted molar refractivity (Wildman–Crippen MR) is 114 cm³/mol. The fourth-order valence-electron chi connectivity index (χ4n) is 3.50. The Morgan fingerprint density at radius 3 is 2.21 bits per heavy atom. The van der Waals surface area contributed by atoms with Crippen LogP contribution in [0.4, 0.5) is 0 Å². The lowest BCUT2D eigenvalue weighted by atomic mass is 10.00. The number of methoxy groups -OCH3 is 1. The van der Waals surface area contributed by atoms with E-state index < -0.39 is 0 Å². The summed E-state index contributed by atoms with van der Waals surface area (Å²) in [7, 11) is 1.51. The number of aryl methyl sites for hydroxylation is 3. The van der Waals surface area contributed by atoms with E-state index in [4.69, 9.17) is 21.1 Å². The third kappa shape index (κ3) is 4.42. The normalized spacial score (nSPS) is 11.9. The van der Waals surface area contributed by atoms with Crippen LogP contribution in [-0.2, 0) is 6.42 Å². The smallest absolute Gasteiger partial charge is 0.176 e. The number of halogens is 1. The van der Waals surface area contributed by atoms with Crippen LogP contribution in [0.2, 0.25) is 5.02 Å². The summed E-state index contributed by atoms with van der Waals surface area (Å²) in [5.74, 6) is 1.21. The maximum absolute atomic E-state index is 10.0. The molecule has 28 heavy (non-hydrogen) atoms. The number of phenolic OH excluding ortho intramolecular Hbond substituents is 1. The van der Waals surface area contributed by atoms with Gasteiger partial charge in [0.25, 0.3) is 0 Å². The molecule has 3 rings (SSSR count). The average Bonchev–Trinajstić information content (AvgIpc) is 2.67. The van der Waals surface area contributed by atoms with Crippen LogP contribution in [0.5, 0.6) is 17.2 Å². The summed E-state index contributed by atoms with van der Waals surface area (Å²) < 4.78 is 11.8. The summed E-state index contributed by atoms with van der Waals surface area (Å²) in [5, 5.41) is 10.3. The zero-order chi connectivity index (χ0) is 20.3. The Morgan fingerprint density at radius 1 is 0.964 bits per heavy atom. The first-order chi connectivity index (χ1) is 13.4. The molecular weight excluding hydrogens is 372 g/mol. The molecule has 0 saturated carbocycles. The molecule has 1 N–H and O–H groups in total. The second-order valence-electron chi connectivity index (χ2n) is 7.08. The van der Waals surface area contributed by atoms with Crippen LogP contribution in [0.25, 0.3) is 0 Å². The summed E-state index contributed by atoms with van der Waals surface area (Å²) in [6.45, 7) is 6.22. The monoisotopic (exact) mass is 396 g/mol. The number of rotatable bonds is 6. The summed E-state index contributed by atoms with van der Waals surface area (Å²) in [5.41, 5.74) is 5.44. The van der Waals surface area contributed by atoms with Gasteiger partial charge in [0.1, 0.15) is 11.9 Å². The van der Waals surface area contributed by atoms with Gasteiger partial charge >= 0.3 is 0 Å². The summed E-state index contributed by atoms with van der Waals surface area (Å²) in [4.78, 5) is 0. The molecule has 146 valence electrons. The summed E-state index contributed by atoms with van der Waals surface area (Å²) >= 11 is 6.18. The van der Waals surface area contributed by atoms with Crippen molar-refractivity contribution in [3.05, 3.63) is 87.4 Å². The Labute approximate surface area is 171 Å². The van der Waals surface area contributed by atoms with Gasteiger partial charge in [0.15, 0.2) is 11.5 Å². The van der Waals surface area contributed by atoms with Crippen LogP contribution in [0.1, 0.15) is 33.9 Å². The van der Waals surface area contributed by atoms with Crippen LogP contribution >= 0.6 is 11.6 Å². The first kappa shape index (κ1) is 20.1. The molecule has 0 fully saturated rings. The largest absolute Gasteiger partial charge is 0.503 e. The first-order valence-corrected chi connectivity index (χ1v) is 9.61. The minimum atomic E-state index is -0.202. The van der Waals surface area contributed by atoms with Crippen LogP contribution < -0.4 is 9.47 Å². The Morgan fingerprint density at radius 2 is 1.61 bits per heavy atom. The highest BCUT2D eigenvalue weighted by Gasteiger charge is 2.19. The van der Waals surface area contributed by atoms with E-state index in [9.17, 15) is 5.11 Å². The van der Waals surface area contributed by atoms with Crippen molar-refractivity contribution in [2.24, 2.45) is 0 Å². The molecule has 0 amide bonds. The lowest BCUT2D eigenvalue weighted by molar-refractivity contribution is 0.203. The number of hydrogen-bond acceptors (Lipinski definition) is 3. The van der Waals surface area contributed by atoms with Gasteiger partial charge in [-0.25, -0.2) is 0 Å². The number of ether oxygens (including phenoxy) is 2. The Bertz CT molecular complexity index is 944. The second-order valence-corrected chi connectivity index (χ2v) is 7.48. The molecule has 3 nitrogen and oxygen atoms in total. The molecule has 0 spiro atoms. The molecular formula is C24H25ClO3. The van der Waals surface area contributed by atoms with Crippen molar-refractivity contribution in [3.8, 4) is 17.2 Å². The molecule has 0 heterocycles. The summed E-state index contributed by atoms with van der Waals surface area (Å²) in [6.07, 6.45) is 0.388. The molecule has 3 aromatic carbocycles. The van der Waals surface area contributed by atoms with Gasteiger partial charge in [-0.1, -0.05) is 59.6 Å². The quantitative estimate of drug-likeness (QED) is 0.528. The molecule has 0 radical (unpaired) electrons. The van der Waals surface area contributed by atoms with Crippen molar-refractivity contribution < 1.29 is 14.6 Å². The summed E-state index contributed by atoms with van der Waals surface area (Å²) in [6, 6.07) is 17.9. The molecule has 0 aliphatic rings. The first-order valence-electron chi connectivity index (χ1n) is 9.24. The van der Waals surface area contributed by atoms with E-state index in [1.807, 2.05) is 18.2 Å². The Balaban J connectivity index is 1.99. The molecule has 0 bridgehead atoms. The average molecular weight is 397 g/mol. The lowest BCUT2D eigenvalue weighted by Gasteiger charge is -2.23. The highest BCUT2D eigenvalue weighted by atomic mass is 35.5. The van der Waals surface area contributed by atoms with Gasteiger partial charge in [-0.05, 0) is 55.2 Å². The fourth-order valence-corrected chi connectivity index (χ4v) is 3.74. The van der Waals surface area contributed by atoms with E-state index in [-0.39, 0.29) is 16.9 Å². The topological polar surface area (TPSA) is 38.7 Å².